The molecule has 2 rings (SSSR count). The summed E-state index contributed by atoms with van der Waals surface area (Å²) in [6.07, 6.45) is 2.10. The van der Waals surface area contributed by atoms with E-state index in [1.54, 1.807) is 0 Å². The number of pyridine rings is 1. The van der Waals surface area contributed by atoms with Gasteiger partial charge < -0.3 is 0 Å². The molecule has 2 aromatic rings. The molecule has 0 amide bonds. The first-order valence-corrected chi connectivity index (χ1v) is 4.47. The lowest BCUT2D eigenvalue weighted by Crippen LogP contribution is -1.97. The zero-order valence-corrected chi connectivity index (χ0v) is 8.43. The fraction of sp³-hybridized carbons (Fsp3) is 0. The average molecular weight is 243 g/mol. The highest BCUT2D eigenvalue weighted by molar-refractivity contribution is 6.31. The topological polar surface area (TPSA) is 73.8 Å². The predicted octanol–water partition coefficient (Wildman–Crippen LogP) is 1.97. The van der Waals surface area contributed by atoms with E-state index in [4.69, 9.17) is 11.6 Å². The maximum atomic E-state index is 12.6. The minimum atomic E-state index is -0.657. The summed E-state index contributed by atoms with van der Waals surface area (Å²) >= 11 is 5.55. The molecule has 0 fully saturated rings. The Kier molecular flexibility index (Phi) is 2.53. The van der Waals surface area contributed by atoms with Gasteiger partial charge >= 0.3 is 5.69 Å². The summed E-state index contributed by atoms with van der Waals surface area (Å²) in [5, 5.41) is 14.0. The van der Waals surface area contributed by atoms with Crippen LogP contribution in [0.15, 0.2) is 24.5 Å². The van der Waals surface area contributed by atoms with Gasteiger partial charge in [-0.1, -0.05) is 11.6 Å². The zero-order chi connectivity index (χ0) is 11.7. The predicted molar refractivity (Wildman–Crippen MR) is 53.0 cm³/mol. The van der Waals surface area contributed by atoms with Crippen molar-refractivity contribution in [3.05, 3.63) is 45.6 Å². The van der Waals surface area contributed by atoms with Crippen LogP contribution in [-0.4, -0.2) is 19.7 Å². The fourth-order valence-electron chi connectivity index (χ4n) is 1.09. The molecule has 2 aromatic heterocycles. The van der Waals surface area contributed by atoms with Gasteiger partial charge in [0, 0.05) is 0 Å². The second-order valence-electron chi connectivity index (χ2n) is 2.84. The Bertz CT molecular complexity index is 539. The highest BCUT2D eigenvalue weighted by Gasteiger charge is 2.18. The molecular weight excluding hydrogens is 239 g/mol. The van der Waals surface area contributed by atoms with E-state index in [1.807, 2.05) is 0 Å². The van der Waals surface area contributed by atoms with Gasteiger partial charge in [-0.3, -0.25) is 10.1 Å². The second kappa shape index (κ2) is 3.86. The summed E-state index contributed by atoms with van der Waals surface area (Å²) in [4.78, 5) is 13.6. The Hall–Kier alpha value is -2.02. The summed E-state index contributed by atoms with van der Waals surface area (Å²) in [7, 11) is 0. The molecule has 8 heteroatoms. The Labute approximate surface area is 93.4 Å². The van der Waals surface area contributed by atoms with E-state index < -0.39 is 10.7 Å². The molecule has 0 aliphatic rings. The highest BCUT2D eigenvalue weighted by Crippen LogP contribution is 2.23. The number of aromatic nitrogens is 3. The average Bonchev–Trinajstić information content (AvgIpc) is 2.61. The van der Waals surface area contributed by atoms with Crippen LogP contribution >= 0.6 is 11.6 Å². The second-order valence-corrected chi connectivity index (χ2v) is 3.20. The van der Waals surface area contributed by atoms with E-state index in [0.717, 1.165) is 17.1 Å². The molecule has 0 aliphatic heterocycles. The fourth-order valence-corrected chi connectivity index (χ4v) is 1.29. The van der Waals surface area contributed by atoms with E-state index in [9.17, 15) is 14.5 Å². The van der Waals surface area contributed by atoms with Crippen LogP contribution < -0.4 is 0 Å². The van der Waals surface area contributed by atoms with Gasteiger partial charge in [-0.2, -0.15) is 0 Å². The number of nitrogens with zero attached hydrogens (tertiary/aromatic N) is 4. The number of hydrogen-bond donors (Lipinski definition) is 0. The first-order valence-electron chi connectivity index (χ1n) is 4.09. The minimum Gasteiger partial charge on any atom is -0.258 e. The van der Waals surface area contributed by atoms with Crippen molar-refractivity contribution in [2.45, 2.75) is 0 Å². The molecule has 0 N–H and O–H groups in total. The summed E-state index contributed by atoms with van der Waals surface area (Å²) in [5.41, 5.74) is -0.326. The number of nitro groups is 1. The molecule has 82 valence electrons. The Morgan fingerprint density at radius 1 is 1.50 bits per heavy atom. The summed E-state index contributed by atoms with van der Waals surface area (Å²) in [6.45, 7) is 0. The Morgan fingerprint density at radius 3 is 2.75 bits per heavy atom. The molecule has 0 aliphatic carbocycles. The van der Waals surface area contributed by atoms with Crippen molar-refractivity contribution in [3.8, 4) is 5.82 Å². The van der Waals surface area contributed by atoms with Gasteiger partial charge in [-0.25, -0.2) is 14.1 Å². The van der Waals surface area contributed by atoms with Crippen LogP contribution in [0, 0.1) is 15.9 Å². The van der Waals surface area contributed by atoms with Crippen molar-refractivity contribution in [1.82, 2.24) is 14.8 Å². The lowest BCUT2D eigenvalue weighted by molar-refractivity contribution is -0.384. The molecule has 0 saturated heterocycles. The van der Waals surface area contributed by atoms with Crippen molar-refractivity contribution in [1.29, 1.82) is 0 Å². The molecule has 0 aromatic carbocycles. The Morgan fingerprint density at radius 2 is 2.25 bits per heavy atom. The SMILES string of the molecule is O=[N+]([O-])c1cn(-c2ccc(F)cn2)nc1Cl. The molecule has 6 nitrogen and oxygen atoms in total. The van der Waals surface area contributed by atoms with E-state index in [1.165, 1.54) is 12.1 Å². The molecule has 0 saturated carbocycles. The van der Waals surface area contributed by atoms with E-state index >= 15 is 0 Å². The smallest absolute Gasteiger partial charge is 0.258 e. The molecular formula is C8H4ClFN4O2. The quantitative estimate of drug-likeness (QED) is 0.596. The van der Waals surface area contributed by atoms with Crippen LogP contribution in [0.5, 0.6) is 0 Å². The van der Waals surface area contributed by atoms with Gasteiger partial charge in [0.05, 0.1) is 11.1 Å². The number of rotatable bonds is 2. The molecule has 0 spiro atoms. The molecule has 2 heterocycles. The first kappa shape index (κ1) is 10.5. The highest BCUT2D eigenvalue weighted by atomic mass is 35.5. The third kappa shape index (κ3) is 1.84. The lowest BCUT2D eigenvalue weighted by atomic mass is 10.4. The molecule has 0 radical (unpaired) electrons. The van der Waals surface area contributed by atoms with E-state index in [2.05, 4.69) is 10.1 Å². The zero-order valence-electron chi connectivity index (χ0n) is 7.67. The molecule has 0 bridgehead atoms. The van der Waals surface area contributed by atoms with Gasteiger partial charge in [0.15, 0.2) is 5.82 Å². The largest absolute Gasteiger partial charge is 0.326 e. The van der Waals surface area contributed by atoms with Gasteiger partial charge in [0.25, 0.3) is 0 Å². The van der Waals surface area contributed by atoms with Gasteiger partial charge in [-0.15, -0.1) is 5.10 Å². The summed E-state index contributed by atoms with van der Waals surface area (Å²) in [6, 6.07) is 2.51. The van der Waals surface area contributed by atoms with Gasteiger partial charge in [0.1, 0.15) is 12.0 Å². The first-order chi connectivity index (χ1) is 7.58. The standard InChI is InChI=1S/C8H4ClFN4O2/c9-8-6(14(15)16)4-13(12-8)7-2-1-5(10)3-11-7/h1-4H. The minimum absolute atomic E-state index is 0.240. The van der Waals surface area contributed by atoms with Crippen molar-refractivity contribution < 1.29 is 9.31 Å². The number of halogens is 2. The van der Waals surface area contributed by atoms with Crippen LogP contribution in [0.3, 0.4) is 0 Å². The monoisotopic (exact) mass is 242 g/mol. The van der Waals surface area contributed by atoms with Crippen LogP contribution in [0.2, 0.25) is 5.15 Å². The van der Waals surface area contributed by atoms with Crippen molar-refractivity contribution in [3.63, 3.8) is 0 Å². The van der Waals surface area contributed by atoms with Crippen molar-refractivity contribution in [2.75, 3.05) is 0 Å². The molecule has 16 heavy (non-hydrogen) atoms. The van der Waals surface area contributed by atoms with Gasteiger partial charge in [-0.05, 0) is 12.1 Å². The van der Waals surface area contributed by atoms with Crippen LogP contribution in [0.4, 0.5) is 10.1 Å². The normalized spacial score (nSPS) is 10.4. The summed E-state index contributed by atoms with van der Waals surface area (Å²) < 4.78 is 13.7. The van der Waals surface area contributed by atoms with Gasteiger partial charge in [0.2, 0.25) is 5.15 Å². The molecule has 0 unspecified atom stereocenters. The van der Waals surface area contributed by atoms with Crippen LogP contribution in [-0.2, 0) is 0 Å². The number of hydrogen-bond acceptors (Lipinski definition) is 4. The van der Waals surface area contributed by atoms with Crippen LogP contribution in [0.1, 0.15) is 0 Å². The van der Waals surface area contributed by atoms with E-state index in [-0.39, 0.29) is 16.7 Å². The molecule has 0 atom stereocenters. The third-order valence-corrected chi connectivity index (χ3v) is 2.06. The summed E-state index contributed by atoms with van der Waals surface area (Å²) in [5.74, 6) is -0.257. The van der Waals surface area contributed by atoms with Crippen LogP contribution in [0.25, 0.3) is 5.82 Å². The van der Waals surface area contributed by atoms with Crippen molar-refractivity contribution in [2.24, 2.45) is 0 Å². The van der Waals surface area contributed by atoms with E-state index in [0.29, 0.717) is 0 Å². The third-order valence-electron chi connectivity index (χ3n) is 1.79. The maximum Gasteiger partial charge on any atom is 0.326 e. The Balaban J connectivity index is 2.45. The lowest BCUT2D eigenvalue weighted by Gasteiger charge is -1.97. The maximum absolute atomic E-state index is 12.6. The van der Waals surface area contributed by atoms with Crippen molar-refractivity contribution >= 4 is 17.3 Å².